The molecule has 1 aromatic heterocycles. The van der Waals surface area contributed by atoms with Crippen molar-refractivity contribution in [1.82, 2.24) is 20.2 Å². The summed E-state index contributed by atoms with van der Waals surface area (Å²) in [5, 5.41) is 7.26. The van der Waals surface area contributed by atoms with Crippen molar-refractivity contribution < 1.29 is 0 Å². The molecule has 0 unspecified atom stereocenters. The van der Waals surface area contributed by atoms with Crippen molar-refractivity contribution in [3.63, 3.8) is 0 Å². The van der Waals surface area contributed by atoms with Crippen LogP contribution in [0, 0.1) is 0 Å². The first-order valence-corrected chi connectivity index (χ1v) is 11.6. The first-order valence-electron chi connectivity index (χ1n) is 11.6. The van der Waals surface area contributed by atoms with Gasteiger partial charge in [0.05, 0.1) is 11.7 Å². The summed E-state index contributed by atoms with van der Waals surface area (Å²) in [7, 11) is 0. The fourth-order valence-corrected chi connectivity index (χ4v) is 4.54. The maximum absolute atomic E-state index is 5.10. The lowest BCUT2D eigenvalue weighted by molar-refractivity contribution is 0.226. The molecule has 0 radical (unpaired) electrons. The summed E-state index contributed by atoms with van der Waals surface area (Å²) >= 11 is 0. The molecule has 3 aromatic rings. The Hall–Kier alpha value is -2.96. The number of nitrogens with one attached hydrogen (secondary N) is 2. The summed E-state index contributed by atoms with van der Waals surface area (Å²) in [4.78, 5) is 14.9. The van der Waals surface area contributed by atoms with Gasteiger partial charge in [-0.2, -0.15) is 4.98 Å². The van der Waals surface area contributed by atoms with Crippen molar-refractivity contribution >= 4 is 11.8 Å². The molecule has 3 heterocycles. The number of piperazine rings is 1. The number of rotatable bonds is 6. The van der Waals surface area contributed by atoms with Gasteiger partial charge in [0.2, 0.25) is 5.95 Å². The van der Waals surface area contributed by atoms with Gasteiger partial charge in [-0.1, -0.05) is 60.7 Å². The normalized spacial score (nSPS) is 16.6. The Labute approximate surface area is 190 Å². The summed E-state index contributed by atoms with van der Waals surface area (Å²) in [6.45, 7) is 10.1. The van der Waals surface area contributed by atoms with Crippen LogP contribution in [0.25, 0.3) is 0 Å². The molecule has 0 atom stereocenters. The zero-order chi connectivity index (χ0) is 21.9. The van der Waals surface area contributed by atoms with E-state index in [0.29, 0.717) is 6.04 Å². The number of hydrogen-bond acceptors (Lipinski definition) is 6. The van der Waals surface area contributed by atoms with Crippen LogP contribution in [-0.2, 0) is 13.1 Å². The highest BCUT2D eigenvalue weighted by Gasteiger charge is 2.29. The molecule has 6 nitrogen and oxygen atoms in total. The summed E-state index contributed by atoms with van der Waals surface area (Å²) in [6.07, 6.45) is 0. The van der Waals surface area contributed by atoms with Gasteiger partial charge >= 0.3 is 0 Å². The van der Waals surface area contributed by atoms with E-state index in [0.717, 1.165) is 56.7 Å². The Kier molecular flexibility index (Phi) is 6.06. The van der Waals surface area contributed by atoms with E-state index in [4.69, 9.17) is 9.97 Å². The zero-order valence-electron chi connectivity index (χ0n) is 19.0. The molecule has 1 saturated heterocycles. The Balaban J connectivity index is 1.55. The lowest BCUT2D eigenvalue weighted by atomic mass is 9.98. The van der Waals surface area contributed by atoms with Crippen molar-refractivity contribution in [2.45, 2.75) is 39.0 Å². The number of benzene rings is 2. The van der Waals surface area contributed by atoms with Crippen molar-refractivity contribution in [2.75, 3.05) is 36.4 Å². The zero-order valence-corrected chi connectivity index (χ0v) is 19.0. The second-order valence-corrected chi connectivity index (χ2v) is 8.93. The van der Waals surface area contributed by atoms with Gasteiger partial charge in [0.1, 0.15) is 5.82 Å². The van der Waals surface area contributed by atoms with Gasteiger partial charge in [-0.3, -0.25) is 4.90 Å². The van der Waals surface area contributed by atoms with Crippen LogP contribution >= 0.6 is 0 Å². The Morgan fingerprint density at radius 3 is 2.06 bits per heavy atom. The standard InChI is InChI=1S/C26H32N6/c1-19(2)32-17-22-23(18-32)28-26(31-15-13-27-14-16-31)30-25(22)29-24(20-9-5-3-6-10-20)21-11-7-4-8-12-21/h3-12,19,24,27H,13-18H2,1-2H3,(H,28,29,30). The molecule has 166 valence electrons. The highest BCUT2D eigenvalue weighted by Crippen LogP contribution is 2.34. The Morgan fingerprint density at radius 1 is 0.844 bits per heavy atom. The molecule has 0 saturated carbocycles. The first-order chi connectivity index (χ1) is 15.7. The molecule has 0 amide bonds. The van der Waals surface area contributed by atoms with Gasteiger partial charge in [-0.25, -0.2) is 4.98 Å². The monoisotopic (exact) mass is 428 g/mol. The summed E-state index contributed by atoms with van der Waals surface area (Å²) in [5.41, 5.74) is 4.85. The van der Waals surface area contributed by atoms with E-state index in [-0.39, 0.29) is 6.04 Å². The van der Waals surface area contributed by atoms with Crippen LogP contribution in [0.4, 0.5) is 11.8 Å². The fraction of sp³-hybridized carbons (Fsp3) is 0.385. The van der Waals surface area contributed by atoms with E-state index >= 15 is 0 Å². The number of nitrogens with zero attached hydrogens (tertiary/aromatic N) is 4. The molecule has 2 N–H and O–H groups in total. The summed E-state index contributed by atoms with van der Waals surface area (Å²) in [6, 6.07) is 21.8. The van der Waals surface area contributed by atoms with E-state index in [1.807, 2.05) is 0 Å². The molecule has 6 heteroatoms. The predicted molar refractivity (Wildman–Crippen MR) is 130 cm³/mol. The third kappa shape index (κ3) is 4.33. The van der Waals surface area contributed by atoms with E-state index in [1.165, 1.54) is 16.7 Å². The molecule has 2 aliphatic heterocycles. The highest BCUT2D eigenvalue weighted by atomic mass is 15.3. The van der Waals surface area contributed by atoms with Crippen LogP contribution in [0.15, 0.2) is 60.7 Å². The maximum atomic E-state index is 5.10. The molecule has 2 aliphatic rings. The van der Waals surface area contributed by atoms with Crippen molar-refractivity contribution in [2.24, 2.45) is 0 Å². The smallest absolute Gasteiger partial charge is 0.227 e. The van der Waals surface area contributed by atoms with Gasteiger partial charge < -0.3 is 15.5 Å². The van der Waals surface area contributed by atoms with Gasteiger partial charge in [-0.05, 0) is 25.0 Å². The lowest BCUT2D eigenvalue weighted by Crippen LogP contribution is -2.44. The molecule has 32 heavy (non-hydrogen) atoms. The average Bonchev–Trinajstić information content (AvgIpc) is 3.29. The lowest BCUT2D eigenvalue weighted by Gasteiger charge is -2.29. The quantitative estimate of drug-likeness (QED) is 0.623. The largest absolute Gasteiger partial charge is 0.359 e. The number of anilines is 2. The average molecular weight is 429 g/mol. The van der Waals surface area contributed by atoms with E-state index < -0.39 is 0 Å². The highest BCUT2D eigenvalue weighted by molar-refractivity contribution is 5.56. The van der Waals surface area contributed by atoms with Crippen LogP contribution in [-0.4, -0.2) is 47.1 Å². The van der Waals surface area contributed by atoms with Crippen molar-refractivity contribution in [1.29, 1.82) is 0 Å². The third-order valence-corrected chi connectivity index (χ3v) is 6.47. The minimum Gasteiger partial charge on any atom is -0.359 e. The van der Waals surface area contributed by atoms with E-state index in [9.17, 15) is 0 Å². The number of hydrogen-bond donors (Lipinski definition) is 2. The third-order valence-electron chi connectivity index (χ3n) is 6.47. The Morgan fingerprint density at radius 2 is 1.47 bits per heavy atom. The predicted octanol–water partition coefficient (Wildman–Crippen LogP) is 3.81. The number of fused-ring (bicyclic) bond motifs is 1. The fourth-order valence-electron chi connectivity index (χ4n) is 4.54. The molecular formula is C26H32N6. The maximum Gasteiger partial charge on any atom is 0.227 e. The van der Waals surface area contributed by atoms with Crippen molar-refractivity contribution in [3.8, 4) is 0 Å². The van der Waals surface area contributed by atoms with Crippen LogP contribution in [0.5, 0.6) is 0 Å². The molecule has 2 aromatic carbocycles. The van der Waals surface area contributed by atoms with E-state index in [2.05, 4.69) is 94.9 Å². The molecule has 1 fully saturated rings. The molecule has 0 spiro atoms. The minimum absolute atomic E-state index is 0.0281. The van der Waals surface area contributed by atoms with Gasteiger partial charge in [0.25, 0.3) is 0 Å². The van der Waals surface area contributed by atoms with Gasteiger partial charge in [0, 0.05) is 50.9 Å². The van der Waals surface area contributed by atoms with Crippen molar-refractivity contribution in [3.05, 3.63) is 83.0 Å². The molecular weight excluding hydrogens is 396 g/mol. The first kappa shape index (κ1) is 20.9. The minimum atomic E-state index is 0.0281. The second kappa shape index (κ2) is 9.27. The Bertz CT molecular complexity index is 991. The molecule has 5 rings (SSSR count). The SMILES string of the molecule is CC(C)N1Cc2nc(N3CCNCC3)nc(NC(c3ccccc3)c3ccccc3)c2C1. The summed E-state index contributed by atoms with van der Waals surface area (Å²) in [5.74, 6) is 1.81. The second-order valence-electron chi connectivity index (χ2n) is 8.93. The van der Waals surface area contributed by atoms with Gasteiger partial charge in [0.15, 0.2) is 0 Å². The molecule has 0 aliphatic carbocycles. The van der Waals surface area contributed by atoms with E-state index in [1.54, 1.807) is 0 Å². The van der Waals surface area contributed by atoms with Crippen LogP contribution in [0.3, 0.4) is 0 Å². The number of aromatic nitrogens is 2. The van der Waals surface area contributed by atoms with Crippen LogP contribution in [0.1, 0.15) is 42.3 Å². The van der Waals surface area contributed by atoms with Crippen LogP contribution < -0.4 is 15.5 Å². The summed E-state index contributed by atoms with van der Waals surface area (Å²) < 4.78 is 0. The van der Waals surface area contributed by atoms with Gasteiger partial charge in [-0.15, -0.1) is 0 Å². The van der Waals surface area contributed by atoms with Crippen LogP contribution in [0.2, 0.25) is 0 Å². The topological polar surface area (TPSA) is 56.3 Å². The molecule has 0 bridgehead atoms.